The maximum absolute atomic E-state index is 12.4. The normalized spacial score (nSPS) is 24.3. The minimum atomic E-state index is -3.13. The molecular weight excluding hydrogens is 346 g/mol. The molecule has 1 amide bonds. The molecule has 0 radical (unpaired) electrons. The van der Waals surface area contributed by atoms with Crippen molar-refractivity contribution >= 4 is 27.3 Å². The number of nitrogens with one attached hydrogen (secondary N) is 1. The van der Waals surface area contributed by atoms with Crippen LogP contribution in [-0.4, -0.2) is 62.0 Å². The number of thiophene rings is 1. The number of hydrogen-bond acceptors (Lipinski definition) is 5. The lowest BCUT2D eigenvalue weighted by molar-refractivity contribution is -0.126. The molecule has 1 N–H and O–H groups in total. The highest BCUT2D eigenvalue weighted by Gasteiger charge is 2.31. The van der Waals surface area contributed by atoms with E-state index in [1.54, 1.807) is 11.3 Å². The molecule has 2 aliphatic rings. The van der Waals surface area contributed by atoms with E-state index in [2.05, 4.69) is 27.0 Å². The number of carbonyl (C=O) groups is 1. The topological polar surface area (TPSA) is 69.7 Å². The maximum Gasteiger partial charge on any atom is 0.223 e. The molecule has 1 unspecified atom stereocenters. The van der Waals surface area contributed by atoms with Gasteiger partial charge in [-0.3, -0.25) is 9.69 Å². The van der Waals surface area contributed by atoms with Gasteiger partial charge in [0.1, 0.15) is 0 Å². The first-order valence-electron chi connectivity index (χ1n) is 8.41. The minimum absolute atomic E-state index is 0.0612. The molecular formula is C16H25N3O3S2. The second kappa shape index (κ2) is 7.51. The minimum Gasteiger partial charge on any atom is -0.352 e. The van der Waals surface area contributed by atoms with Gasteiger partial charge in [0.2, 0.25) is 15.9 Å². The lowest BCUT2D eigenvalue weighted by Gasteiger charge is -2.30. The van der Waals surface area contributed by atoms with Crippen molar-refractivity contribution < 1.29 is 13.2 Å². The van der Waals surface area contributed by atoms with Crippen LogP contribution in [0.1, 0.15) is 24.8 Å². The molecule has 1 aromatic heterocycles. The predicted octanol–water partition coefficient (Wildman–Crippen LogP) is 1.11. The van der Waals surface area contributed by atoms with Gasteiger partial charge in [0.05, 0.1) is 6.26 Å². The van der Waals surface area contributed by atoms with Crippen molar-refractivity contribution in [3.63, 3.8) is 0 Å². The van der Waals surface area contributed by atoms with E-state index in [1.165, 1.54) is 16.1 Å². The highest BCUT2D eigenvalue weighted by Crippen LogP contribution is 2.21. The third-order valence-electron chi connectivity index (χ3n) is 4.90. The van der Waals surface area contributed by atoms with Gasteiger partial charge in [0.25, 0.3) is 0 Å². The molecule has 3 rings (SSSR count). The first kappa shape index (κ1) is 17.8. The van der Waals surface area contributed by atoms with E-state index in [4.69, 9.17) is 0 Å². The Morgan fingerprint density at radius 1 is 1.29 bits per heavy atom. The third-order valence-corrected chi connectivity index (χ3v) is 6.93. The van der Waals surface area contributed by atoms with Crippen LogP contribution in [0.2, 0.25) is 0 Å². The number of hydrogen-bond donors (Lipinski definition) is 1. The number of likely N-dealkylation sites (tertiary alicyclic amines) is 1. The standard InChI is InChI=1S/C16H25N3O3S2/c1-24(21,22)19-7-2-14(3-8-19)16(20)17-15-4-6-18(11-15)10-13-5-9-23-12-13/h5,9,12,14-15H,2-4,6-8,10-11H2,1H3,(H,17,20). The predicted molar refractivity (Wildman–Crippen MR) is 95.3 cm³/mol. The molecule has 2 fully saturated rings. The highest BCUT2D eigenvalue weighted by molar-refractivity contribution is 7.88. The van der Waals surface area contributed by atoms with E-state index in [-0.39, 0.29) is 17.9 Å². The smallest absolute Gasteiger partial charge is 0.223 e. The molecule has 0 aromatic carbocycles. The number of piperidine rings is 1. The number of nitrogens with zero attached hydrogens (tertiary/aromatic N) is 2. The van der Waals surface area contributed by atoms with Gasteiger partial charge in [-0.05, 0) is 41.7 Å². The van der Waals surface area contributed by atoms with Crippen molar-refractivity contribution in [2.75, 3.05) is 32.4 Å². The Hall–Kier alpha value is -0.960. The average Bonchev–Trinajstić information content (AvgIpc) is 3.19. The lowest BCUT2D eigenvalue weighted by Crippen LogP contribution is -2.45. The van der Waals surface area contributed by atoms with Crippen LogP contribution in [0.3, 0.4) is 0 Å². The summed E-state index contributed by atoms with van der Waals surface area (Å²) in [7, 11) is -3.13. The number of amides is 1. The van der Waals surface area contributed by atoms with E-state index in [0.29, 0.717) is 25.9 Å². The average molecular weight is 372 g/mol. The first-order chi connectivity index (χ1) is 11.4. The number of carbonyl (C=O) groups excluding carboxylic acids is 1. The summed E-state index contributed by atoms with van der Waals surface area (Å²) in [6, 6.07) is 2.36. The van der Waals surface area contributed by atoms with Crippen molar-refractivity contribution in [3.05, 3.63) is 22.4 Å². The summed E-state index contributed by atoms with van der Waals surface area (Å²) in [5.74, 6) is 0.0273. The van der Waals surface area contributed by atoms with Gasteiger partial charge in [-0.25, -0.2) is 12.7 Å². The fraction of sp³-hybridized carbons (Fsp3) is 0.688. The molecule has 1 atom stereocenters. The Labute approximate surface area is 147 Å². The molecule has 134 valence electrons. The summed E-state index contributed by atoms with van der Waals surface area (Å²) >= 11 is 1.71. The summed E-state index contributed by atoms with van der Waals surface area (Å²) in [5.41, 5.74) is 1.33. The fourth-order valence-corrected chi connectivity index (χ4v) is 5.04. The molecule has 3 heterocycles. The van der Waals surface area contributed by atoms with Crippen molar-refractivity contribution in [3.8, 4) is 0 Å². The molecule has 0 bridgehead atoms. The van der Waals surface area contributed by atoms with E-state index < -0.39 is 10.0 Å². The van der Waals surface area contributed by atoms with Gasteiger partial charge in [-0.15, -0.1) is 0 Å². The second-order valence-electron chi connectivity index (χ2n) is 6.80. The van der Waals surface area contributed by atoms with Crippen molar-refractivity contribution in [2.24, 2.45) is 5.92 Å². The van der Waals surface area contributed by atoms with E-state index in [0.717, 1.165) is 26.1 Å². The van der Waals surface area contributed by atoms with Crippen LogP contribution in [0.5, 0.6) is 0 Å². The van der Waals surface area contributed by atoms with Gasteiger partial charge in [-0.1, -0.05) is 0 Å². The molecule has 1 aromatic rings. The zero-order chi connectivity index (χ0) is 17.2. The summed E-state index contributed by atoms with van der Waals surface area (Å²) in [4.78, 5) is 14.8. The Balaban J connectivity index is 1.43. The monoisotopic (exact) mass is 371 g/mol. The Morgan fingerprint density at radius 3 is 2.67 bits per heavy atom. The Bertz CT molecular complexity index is 652. The van der Waals surface area contributed by atoms with Crippen LogP contribution in [0.25, 0.3) is 0 Å². The van der Waals surface area contributed by atoms with Gasteiger partial charge in [0, 0.05) is 44.7 Å². The lowest BCUT2D eigenvalue weighted by atomic mass is 9.97. The zero-order valence-electron chi connectivity index (χ0n) is 14.0. The summed E-state index contributed by atoms with van der Waals surface area (Å²) in [6.45, 7) is 3.75. The molecule has 0 saturated carbocycles. The van der Waals surface area contributed by atoms with Gasteiger partial charge in [0.15, 0.2) is 0 Å². The van der Waals surface area contributed by atoms with Crippen molar-refractivity contribution in [2.45, 2.75) is 31.8 Å². The van der Waals surface area contributed by atoms with Crippen molar-refractivity contribution in [1.82, 2.24) is 14.5 Å². The molecule has 24 heavy (non-hydrogen) atoms. The molecule has 6 nitrogen and oxygen atoms in total. The molecule has 0 aliphatic carbocycles. The van der Waals surface area contributed by atoms with Gasteiger partial charge in [-0.2, -0.15) is 11.3 Å². The van der Waals surface area contributed by atoms with Crippen LogP contribution in [0, 0.1) is 5.92 Å². The molecule has 8 heteroatoms. The van der Waals surface area contributed by atoms with Gasteiger partial charge < -0.3 is 5.32 Å². The number of rotatable bonds is 5. The maximum atomic E-state index is 12.4. The zero-order valence-corrected chi connectivity index (χ0v) is 15.6. The number of sulfonamides is 1. The van der Waals surface area contributed by atoms with Crippen LogP contribution in [0.4, 0.5) is 0 Å². The van der Waals surface area contributed by atoms with Crippen molar-refractivity contribution in [1.29, 1.82) is 0 Å². The van der Waals surface area contributed by atoms with Gasteiger partial charge >= 0.3 is 0 Å². The summed E-state index contributed by atoms with van der Waals surface area (Å²) in [5, 5.41) is 7.42. The molecule has 2 aliphatic heterocycles. The highest BCUT2D eigenvalue weighted by atomic mass is 32.2. The van der Waals surface area contributed by atoms with E-state index in [9.17, 15) is 13.2 Å². The van der Waals surface area contributed by atoms with Crippen LogP contribution < -0.4 is 5.32 Å². The van der Waals surface area contributed by atoms with Crippen LogP contribution in [0.15, 0.2) is 16.8 Å². The summed E-state index contributed by atoms with van der Waals surface area (Å²) in [6.07, 6.45) is 3.44. The third kappa shape index (κ3) is 4.56. The molecule has 0 spiro atoms. The second-order valence-corrected chi connectivity index (χ2v) is 9.56. The van der Waals surface area contributed by atoms with Crippen LogP contribution >= 0.6 is 11.3 Å². The summed E-state index contributed by atoms with van der Waals surface area (Å²) < 4.78 is 24.5. The largest absolute Gasteiger partial charge is 0.352 e. The Morgan fingerprint density at radius 2 is 2.04 bits per heavy atom. The molecule has 2 saturated heterocycles. The Kier molecular flexibility index (Phi) is 5.59. The van der Waals surface area contributed by atoms with Crippen LogP contribution in [-0.2, 0) is 21.4 Å². The SMILES string of the molecule is CS(=O)(=O)N1CCC(C(=O)NC2CCN(Cc3ccsc3)C2)CC1. The fourth-order valence-electron chi connectivity index (χ4n) is 3.50. The quantitative estimate of drug-likeness (QED) is 0.842. The van der Waals surface area contributed by atoms with E-state index in [1.807, 2.05) is 0 Å². The first-order valence-corrected chi connectivity index (χ1v) is 11.2. The van der Waals surface area contributed by atoms with E-state index >= 15 is 0 Å².